The van der Waals surface area contributed by atoms with Crippen LogP contribution in [-0.4, -0.2) is 93.4 Å². The molecule has 2 amide bonds. The first-order valence-corrected chi connectivity index (χ1v) is 20.9. The van der Waals surface area contributed by atoms with Gasteiger partial charge < -0.3 is 20.9 Å². The number of benzene rings is 1. The van der Waals surface area contributed by atoms with Crippen LogP contribution in [0.3, 0.4) is 0 Å². The summed E-state index contributed by atoms with van der Waals surface area (Å²) in [6.07, 6.45) is 9.71. The van der Waals surface area contributed by atoms with Gasteiger partial charge in [-0.2, -0.15) is 5.10 Å². The zero-order valence-electron chi connectivity index (χ0n) is 35.3. The zero-order valence-corrected chi connectivity index (χ0v) is 35.3. The molecule has 14 heteroatoms. The number of rotatable bonds is 10. The molecule has 0 unspecified atom stereocenters. The number of nitrogens with zero attached hydrogens (tertiary/aromatic N) is 8. The molecule has 1 aromatic carbocycles. The maximum absolute atomic E-state index is 14.6. The maximum Gasteiger partial charge on any atom is 0.264 e. The highest BCUT2D eigenvalue weighted by Gasteiger charge is 2.53. The predicted octanol–water partition coefficient (Wildman–Crippen LogP) is 6.43. The summed E-state index contributed by atoms with van der Waals surface area (Å²) in [5, 5.41) is 8.47. The van der Waals surface area contributed by atoms with Crippen molar-refractivity contribution in [2.45, 2.75) is 111 Å². The second-order valence-corrected chi connectivity index (χ2v) is 17.8. The van der Waals surface area contributed by atoms with Gasteiger partial charge in [0.1, 0.15) is 5.82 Å². The Morgan fingerprint density at radius 3 is 2.42 bits per heavy atom. The van der Waals surface area contributed by atoms with Crippen LogP contribution in [0.15, 0.2) is 35.7 Å². The molecule has 3 aromatic rings. The molecule has 0 spiro atoms. The van der Waals surface area contributed by atoms with Crippen molar-refractivity contribution in [1.29, 1.82) is 0 Å². The van der Waals surface area contributed by atoms with Crippen LogP contribution in [0.1, 0.15) is 123 Å². The third kappa shape index (κ3) is 8.76. The highest BCUT2D eigenvalue weighted by molar-refractivity contribution is 6.10. The maximum atomic E-state index is 14.6. The van der Waals surface area contributed by atoms with Crippen LogP contribution in [0.4, 0.5) is 20.3 Å². The van der Waals surface area contributed by atoms with E-state index in [2.05, 4.69) is 74.3 Å². The number of carbonyl (C=O) groups excluding carboxylic acids is 2. The number of alkyl halides is 2. The van der Waals surface area contributed by atoms with Gasteiger partial charge in [-0.05, 0) is 66.2 Å². The van der Waals surface area contributed by atoms with Gasteiger partial charge in [-0.15, -0.1) is 5.92 Å². The van der Waals surface area contributed by atoms with Crippen molar-refractivity contribution in [3.63, 3.8) is 0 Å². The van der Waals surface area contributed by atoms with Crippen LogP contribution in [0.2, 0.25) is 0 Å². The Morgan fingerprint density at radius 2 is 1.78 bits per heavy atom. The lowest BCUT2D eigenvalue weighted by Gasteiger charge is -2.57. The van der Waals surface area contributed by atoms with Gasteiger partial charge in [-0.3, -0.25) is 24.2 Å². The summed E-state index contributed by atoms with van der Waals surface area (Å²) in [6.45, 7) is 14.4. The standard InChI is InChI=1S/C45H58F2N10O2/c1-29(58)55-20-15-37-36(27-55)41(56-17-10-11-30-21-34(31(23-48)24-49-6)35(40(46)47)22-38(30)56)53-57(37)33-13-18-54(19-14-33)16-9-7-8-12-39-50-25-32(26-51-39)42(59)52-43-44(2,3)28-45(43,4)5/h21-26,33,40,43H,8,10-20,27-28,48H2,1-6H3,(H,52,59)/b31-23+,49-24?. The molecule has 1 saturated heterocycles. The molecule has 1 saturated carbocycles. The number of carbonyl (C=O) groups is 2. The number of allylic oxidation sites excluding steroid dienone is 1. The number of fused-ring (bicyclic) bond motifs is 2. The number of hydrogen-bond donors (Lipinski definition) is 2. The van der Waals surface area contributed by atoms with Crippen molar-refractivity contribution in [3.8, 4) is 11.8 Å². The normalized spacial score (nSPS) is 19.6. The Labute approximate surface area is 346 Å². The topological polar surface area (TPSA) is 138 Å². The van der Waals surface area contributed by atoms with E-state index in [1.165, 1.54) is 12.4 Å². The molecule has 4 aliphatic rings. The Hall–Kier alpha value is -5.16. The van der Waals surface area contributed by atoms with Gasteiger partial charge in [0.2, 0.25) is 5.91 Å². The summed E-state index contributed by atoms with van der Waals surface area (Å²) in [7, 11) is 1.59. The van der Waals surface area contributed by atoms with Gasteiger partial charge in [0.15, 0.2) is 5.82 Å². The molecule has 1 aliphatic carbocycles. The third-order valence-corrected chi connectivity index (χ3v) is 12.7. The highest BCUT2D eigenvalue weighted by atomic mass is 19.3. The number of aliphatic imine (C=N–C) groups is 1. The van der Waals surface area contributed by atoms with Gasteiger partial charge in [0.25, 0.3) is 12.3 Å². The molecule has 7 rings (SSSR count). The second kappa shape index (κ2) is 17.2. The lowest BCUT2D eigenvalue weighted by molar-refractivity contribution is -0.129. The number of hydrogen-bond acceptors (Lipinski definition) is 9. The first kappa shape index (κ1) is 42.0. The fourth-order valence-electron chi connectivity index (χ4n) is 10.1. The van der Waals surface area contributed by atoms with E-state index in [0.29, 0.717) is 68.0 Å². The van der Waals surface area contributed by atoms with Crippen LogP contribution in [-0.2, 0) is 30.6 Å². The smallest absolute Gasteiger partial charge is 0.264 e. The Balaban J connectivity index is 0.994. The average molecular weight is 809 g/mol. The molecule has 314 valence electrons. The lowest BCUT2D eigenvalue weighted by Crippen LogP contribution is -2.63. The van der Waals surface area contributed by atoms with Crippen molar-refractivity contribution in [1.82, 2.24) is 34.9 Å². The molecule has 12 nitrogen and oxygen atoms in total. The molecule has 3 N–H and O–H groups in total. The minimum absolute atomic E-state index is 0.00794. The van der Waals surface area contributed by atoms with E-state index in [1.807, 2.05) is 11.0 Å². The largest absolute Gasteiger partial charge is 0.404 e. The summed E-state index contributed by atoms with van der Waals surface area (Å²) >= 11 is 0. The number of likely N-dealkylation sites (tertiary alicyclic amines) is 1. The number of aromatic nitrogens is 4. The second-order valence-electron chi connectivity index (χ2n) is 17.8. The molecule has 2 fully saturated rings. The summed E-state index contributed by atoms with van der Waals surface area (Å²) in [4.78, 5) is 44.7. The van der Waals surface area contributed by atoms with Crippen LogP contribution in [0.5, 0.6) is 0 Å². The van der Waals surface area contributed by atoms with Crippen LogP contribution < -0.4 is 16.0 Å². The van der Waals surface area contributed by atoms with E-state index in [0.717, 1.165) is 73.5 Å². The van der Waals surface area contributed by atoms with E-state index in [4.69, 9.17) is 10.8 Å². The highest BCUT2D eigenvalue weighted by Crippen LogP contribution is 2.53. The van der Waals surface area contributed by atoms with Crippen molar-refractivity contribution in [2.24, 2.45) is 21.6 Å². The van der Waals surface area contributed by atoms with Crippen molar-refractivity contribution < 1.29 is 18.4 Å². The molecule has 0 bridgehead atoms. The number of aryl methyl sites for hydroxylation is 2. The summed E-state index contributed by atoms with van der Waals surface area (Å²) < 4.78 is 31.4. The van der Waals surface area contributed by atoms with Gasteiger partial charge >= 0.3 is 0 Å². The molecule has 0 atom stereocenters. The monoisotopic (exact) mass is 808 g/mol. The number of anilines is 2. The SMILES string of the molecule is CN=C/C(=C\N)c1cc2c(cc1C(F)F)N(c1nn(C3CCN(CC#CCCc4ncc(C(=O)NC5C(C)(C)CC5(C)C)cn4)CC3)c3c1CN(C(C)=O)CC3)CCC2. The molecular formula is C45H58F2N10O2. The van der Waals surface area contributed by atoms with Crippen LogP contribution in [0.25, 0.3) is 5.57 Å². The molecule has 2 aromatic heterocycles. The fraction of sp³-hybridized carbons (Fsp3) is 0.556. The Morgan fingerprint density at radius 1 is 1.05 bits per heavy atom. The van der Waals surface area contributed by atoms with Gasteiger partial charge in [-0.1, -0.05) is 33.6 Å². The fourth-order valence-corrected chi connectivity index (χ4v) is 10.1. The number of piperidine rings is 1. The Bertz CT molecular complexity index is 2160. The van der Waals surface area contributed by atoms with Crippen molar-refractivity contribution in [3.05, 3.63) is 70.1 Å². The number of nitrogens with one attached hydrogen (secondary N) is 1. The van der Waals surface area contributed by atoms with Gasteiger partial charge in [0, 0.05) is 118 Å². The molecule has 0 radical (unpaired) electrons. The zero-order chi connectivity index (χ0) is 42.1. The first-order chi connectivity index (χ1) is 28.2. The van der Waals surface area contributed by atoms with Crippen molar-refractivity contribution >= 4 is 35.1 Å². The number of halogens is 2. The predicted molar refractivity (Wildman–Crippen MR) is 227 cm³/mol. The van der Waals surface area contributed by atoms with Gasteiger partial charge in [0.05, 0.1) is 24.7 Å². The summed E-state index contributed by atoms with van der Waals surface area (Å²) in [5.74, 6) is 7.91. The van der Waals surface area contributed by atoms with E-state index in [9.17, 15) is 18.4 Å². The van der Waals surface area contributed by atoms with E-state index < -0.39 is 6.43 Å². The van der Waals surface area contributed by atoms with Crippen molar-refractivity contribution in [2.75, 3.05) is 44.7 Å². The minimum atomic E-state index is -2.71. The van der Waals surface area contributed by atoms with E-state index in [-0.39, 0.29) is 40.3 Å². The third-order valence-electron chi connectivity index (χ3n) is 12.7. The lowest BCUT2D eigenvalue weighted by atomic mass is 9.52. The first-order valence-electron chi connectivity index (χ1n) is 20.9. The van der Waals surface area contributed by atoms with Crippen LogP contribution >= 0.6 is 0 Å². The van der Waals surface area contributed by atoms with E-state index in [1.54, 1.807) is 32.4 Å². The molecule has 5 heterocycles. The van der Waals surface area contributed by atoms with Crippen LogP contribution in [0, 0.1) is 22.7 Å². The molecule has 59 heavy (non-hydrogen) atoms. The summed E-state index contributed by atoms with van der Waals surface area (Å²) in [6, 6.07) is 3.71. The van der Waals surface area contributed by atoms with Gasteiger partial charge in [-0.25, -0.2) is 18.7 Å². The minimum Gasteiger partial charge on any atom is -0.404 e. The Kier molecular flexibility index (Phi) is 12.2. The van der Waals surface area contributed by atoms with E-state index >= 15 is 0 Å². The number of amides is 2. The molecular weight excluding hydrogens is 751 g/mol. The quantitative estimate of drug-likeness (QED) is 0.177. The summed E-state index contributed by atoms with van der Waals surface area (Å²) in [5.41, 5.74) is 11.0. The average Bonchev–Trinajstić information content (AvgIpc) is 3.59. The molecule has 3 aliphatic heterocycles. The number of nitrogens with two attached hydrogens (primary N) is 1.